The minimum atomic E-state index is -0.680. The van der Waals surface area contributed by atoms with Gasteiger partial charge >= 0.3 is 0 Å². The van der Waals surface area contributed by atoms with Crippen LogP contribution in [-0.4, -0.2) is 80.0 Å². The van der Waals surface area contributed by atoms with Gasteiger partial charge in [-0.15, -0.1) is 0 Å². The molecule has 0 unspecified atom stereocenters. The van der Waals surface area contributed by atoms with Crippen molar-refractivity contribution in [2.45, 2.75) is 38.2 Å². The maximum Gasteiger partial charge on any atom is 0.232 e. The maximum absolute atomic E-state index is 13.7. The van der Waals surface area contributed by atoms with Crippen molar-refractivity contribution in [3.63, 3.8) is 0 Å². The molecule has 38 heavy (non-hydrogen) atoms. The van der Waals surface area contributed by atoms with E-state index in [9.17, 15) is 9.50 Å². The lowest BCUT2D eigenvalue weighted by molar-refractivity contribution is -0.00286. The molecule has 2 aromatic carbocycles. The van der Waals surface area contributed by atoms with Crippen LogP contribution in [-0.2, 0) is 27.4 Å². The van der Waals surface area contributed by atoms with Crippen LogP contribution in [0.15, 0.2) is 59.1 Å². The Morgan fingerprint density at radius 1 is 1.08 bits per heavy atom. The predicted octanol–water partition coefficient (Wildman–Crippen LogP) is 3.88. The van der Waals surface area contributed by atoms with Crippen LogP contribution in [0, 0.1) is 5.82 Å². The first-order valence-electron chi connectivity index (χ1n) is 13.4. The summed E-state index contributed by atoms with van der Waals surface area (Å²) in [7, 11) is 0. The second kappa shape index (κ2) is 13.3. The van der Waals surface area contributed by atoms with Gasteiger partial charge in [0.1, 0.15) is 11.5 Å². The van der Waals surface area contributed by atoms with Crippen molar-refractivity contribution >= 4 is 5.88 Å². The lowest BCUT2D eigenvalue weighted by Gasteiger charge is -2.30. The van der Waals surface area contributed by atoms with Gasteiger partial charge in [-0.25, -0.2) is 4.39 Å². The summed E-state index contributed by atoms with van der Waals surface area (Å²) in [5, 5.41) is 15.3. The van der Waals surface area contributed by atoms with Gasteiger partial charge in [-0.05, 0) is 42.7 Å². The van der Waals surface area contributed by atoms with E-state index in [-0.39, 0.29) is 18.5 Å². The van der Waals surface area contributed by atoms with Crippen LogP contribution < -0.4 is 4.90 Å². The zero-order valence-electron chi connectivity index (χ0n) is 21.6. The van der Waals surface area contributed by atoms with E-state index in [2.05, 4.69) is 15.0 Å². The molecule has 2 aliphatic rings. The number of anilines is 1. The zero-order valence-corrected chi connectivity index (χ0v) is 21.6. The Bertz CT molecular complexity index is 1120. The number of morpholine rings is 1. The van der Waals surface area contributed by atoms with Crippen molar-refractivity contribution in [2.24, 2.45) is 0 Å². The highest BCUT2D eigenvalue weighted by Crippen LogP contribution is 2.33. The first-order chi connectivity index (χ1) is 18.7. The standard InChI is InChI=1S/C29H36FN3O5/c30-24-10-8-23(9-11-24)28-27(29(38-31-28)33-12-15-35-16-13-33)19-32(18-26-7-4-14-37-26)17-25(34)21-36-20-22-5-2-1-3-6-22/h1-3,5-6,8-11,25-26,34H,4,7,12-21H2/t25-,26+/m1/s1. The Hall–Kier alpha value is -2.82. The van der Waals surface area contributed by atoms with E-state index in [1.54, 1.807) is 12.1 Å². The van der Waals surface area contributed by atoms with Gasteiger partial charge in [0.15, 0.2) is 0 Å². The van der Waals surface area contributed by atoms with E-state index in [1.165, 1.54) is 12.1 Å². The number of aliphatic hydroxyl groups excluding tert-OH is 1. The van der Waals surface area contributed by atoms with Gasteiger partial charge < -0.3 is 28.7 Å². The van der Waals surface area contributed by atoms with E-state index in [0.717, 1.165) is 36.1 Å². The molecule has 8 nitrogen and oxygen atoms in total. The van der Waals surface area contributed by atoms with Crippen molar-refractivity contribution in [1.82, 2.24) is 10.1 Å². The molecule has 1 aromatic heterocycles. The Morgan fingerprint density at radius 3 is 2.61 bits per heavy atom. The number of benzene rings is 2. The minimum absolute atomic E-state index is 0.105. The van der Waals surface area contributed by atoms with Crippen molar-refractivity contribution < 1.29 is 28.2 Å². The quantitative estimate of drug-likeness (QED) is 0.382. The molecule has 0 spiro atoms. The third-order valence-corrected chi connectivity index (χ3v) is 6.94. The summed E-state index contributed by atoms with van der Waals surface area (Å²) in [4.78, 5) is 4.33. The van der Waals surface area contributed by atoms with E-state index in [0.29, 0.717) is 64.1 Å². The van der Waals surface area contributed by atoms with Crippen LogP contribution in [0.3, 0.4) is 0 Å². The number of hydrogen-bond donors (Lipinski definition) is 1. The molecule has 0 bridgehead atoms. The topological polar surface area (TPSA) is 80.4 Å². The van der Waals surface area contributed by atoms with Crippen LogP contribution in [0.4, 0.5) is 10.3 Å². The summed E-state index contributed by atoms with van der Waals surface area (Å²) < 4.78 is 36.8. The summed E-state index contributed by atoms with van der Waals surface area (Å²) in [5.74, 6) is 0.394. The first-order valence-corrected chi connectivity index (χ1v) is 13.4. The van der Waals surface area contributed by atoms with Gasteiger partial charge in [0.25, 0.3) is 0 Å². The number of ether oxygens (including phenoxy) is 3. The van der Waals surface area contributed by atoms with E-state index >= 15 is 0 Å². The van der Waals surface area contributed by atoms with E-state index < -0.39 is 6.10 Å². The van der Waals surface area contributed by atoms with Crippen LogP contribution in [0.1, 0.15) is 24.0 Å². The molecule has 5 rings (SSSR count). The molecule has 0 aliphatic carbocycles. The van der Waals surface area contributed by atoms with Crippen molar-refractivity contribution in [3.8, 4) is 11.3 Å². The maximum atomic E-state index is 13.7. The molecule has 2 atom stereocenters. The smallest absolute Gasteiger partial charge is 0.232 e. The van der Waals surface area contributed by atoms with Crippen molar-refractivity contribution in [2.75, 3.05) is 57.5 Å². The molecule has 9 heteroatoms. The van der Waals surface area contributed by atoms with Gasteiger partial charge in [-0.3, -0.25) is 4.90 Å². The number of nitrogens with zero attached hydrogens (tertiary/aromatic N) is 3. The highest BCUT2D eigenvalue weighted by atomic mass is 19.1. The largest absolute Gasteiger partial charge is 0.389 e. The second-order valence-electron chi connectivity index (χ2n) is 9.90. The van der Waals surface area contributed by atoms with Gasteiger partial charge in [0.05, 0.1) is 44.2 Å². The highest BCUT2D eigenvalue weighted by molar-refractivity contribution is 5.68. The van der Waals surface area contributed by atoms with Gasteiger partial charge in [0.2, 0.25) is 5.88 Å². The lowest BCUT2D eigenvalue weighted by atomic mass is 10.1. The molecule has 2 saturated heterocycles. The molecule has 204 valence electrons. The fraction of sp³-hybridized carbons (Fsp3) is 0.483. The number of aliphatic hydroxyl groups is 1. The molecule has 2 aliphatic heterocycles. The summed E-state index contributed by atoms with van der Waals surface area (Å²) in [5.41, 5.74) is 3.44. The number of halogens is 1. The molecular weight excluding hydrogens is 489 g/mol. The third kappa shape index (κ3) is 7.18. The Kier molecular flexibility index (Phi) is 9.37. The number of hydrogen-bond acceptors (Lipinski definition) is 8. The summed E-state index contributed by atoms with van der Waals surface area (Å²) in [6.45, 7) is 5.64. The summed E-state index contributed by atoms with van der Waals surface area (Å²) in [6.07, 6.45) is 1.45. The second-order valence-corrected chi connectivity index (χ2v) is 9.90. The SMILES string of the molecule is O[C@@H](COCc1ccccc1)CN(Cc1c(-c2ccc(F)cc2)noc1N1CCOCC1)C[C@@H]1CCCO1. The van der Waals surface area contributed by atoms with Crippen LogP contribution in [0.2, 0.25) is 0 Å². The molecule has 1 N–H and O–H groups in total. The third-order valence-electron chi connectivity index (χ3n) is 6.94. The average Bonchev–Trinajstić information content (AvgIpc) is 3.60. The Morgan fingerprint density at radius 2 is 1.87 bits per heavy atom. The van der Waals surface area contributed by atoms with Crippen molar-refractivity contribution in [3.05, 3.63) is 71.5 Å². The molecule has 0 radical (unpaired) electrons. The monoisotopic (exact) mass is 525 g/mol. The Labute approximate surface area is 222 Å². The van der Waals surface area contributed by atoms with Crippen molar-refractivity contribution in [1.29, 1.82) is 0 Å². The molecular formula is C29H36FN3O5. The van der Waals surface area contributed by atoms with Gasteiger partial charge in [0, 0.05) is 44.9 Å². The fourth-order valence-corrected chi connectivity index (χ4v) is 5.03. The molecule has 3 aromatic rings. The average molecular weight is 526 g/mol. The number of aromatic nitrogens is 1. The van der Waals surface area contributed by atoms with Crippen LogP contribution in [0.25, 0.3) is 11.3 Å². The van der Waals surface area contributed by atoms with Gasteiger partial charge in [-0.2, -0.15) is 0 Å². The summed E-state index contributed by atoms with van der Waals surface area (Å²) in [6, 6.07) is 16.2. The fourth-order valence-electron chi connectivity index (χ4n) is 5.03. The highest BCUT2D eigenvalue weighted by Gasteiger charge is 2.28. The lowest BCUT2D eigenvalue weighted by Crippen LogP contribution is -2.40. The molecule has 0 amide bonds. The number of rotatable bonds is 12. The Balaban J connectivity index is 1.34. The zero-order chi connectivity index (χ0) is 26.2. The molecule has 2 fully saturated rings. The first kappa shape index (κ1) is 26.8. The van der Waals surface area contributed by atoms with E-state index in [1.807, 2.05) is 30.3 Å². The summed E-state index contributed by atoms with van der Waals surface area (Å²) >= 11 is 0. The van der Waals surface area contributed by atoms with Crippen LogP contribution in [0.5, 0.6) is 0 Å². The normalized spacial score (nSPS) is 18.8. The molecule has 0 saturated carbocycles. The predicted molar refractivity (Wildman–Crippen MR) is 141 cm³/mol. The van der Waals surface area contributed by atoms with E-state index in [4.69, 9.17) is 18.7 Å². The molecule has 3 heterocycles. The minimum Gasteiger partial charge on any atom is -0.389 e. The van der Waals surface area contributed by atoms with Crippen LogP contribution >= 0.6 is 0 Å². The van der Waals surface area contributed by atoms with Gasteiger partial charge in [-0.1, -0.05) is 35.5 Å².